The van der Waals surface area contributed by atoms with E-state index in [2.05, 4.69) is 5.32 Å². The highest BCUT2D eigenvalue weighted by Crippen LogP contribution is 2.27. The lowest BCUT2D eigenvalue weighted by molar-refractivity contribution is 0.529. The van der Waals surface area contributed by atoms with E-state index in [0.717, 1.165) is 5.56 Å². The predicted molar refractivity (Wildman–Crippen MR) is 81.3 cm³/mol. The molecule has 0 bridgehead atoms. The molecule has 3 rings (SSSR count). The zero-order valence-electron chi connectivity index (χ0n) is 11.8. The zero-order chi connectivity index (χ0) is 15.2. The SMILES string of the molecule is Cc1ccc(S(=O)(=O)n2ccc3c2NCN(C)C3=N)cc1. The van der Waals surface area contributed by atoms with Gasteiger partial charge in [0.05, 0.1) is 17.1 Å². The van der Waals surface area contributed by atoms with Crippen molar-refractivity contribution in [3.8, 4) is 0 Å². The fraction of sp³-hybridized carbons (Fsp3) is 0.214. The van der Waals surface area contributed by atoms with E-state index in [1.54, 1.807) is 42.3 Å². The van der Waals surface area contributed by atoms with Crippen LogP contribution >= 0.6 is 0 Å². The molecule has 0 saturated carbocycles. The highest BCUT2D eigenvalue weighted by atomic mass is 32.2. The summed E-state index contributed by atoms with van der Waals surface area (Å²) in [6.07, 6.45) is 1.49. The number of benzene rings is 1. The van der Waals surface area contributed by atoms with Gasteiger partial charge in [0.1, 0.15) is 11.7 Å². The van der Waals surface area contributed by atoms with Gasteiger partial charge in [-0.15, -0.1) is 0 Å². The molecule has 7 heteroatoms. The maximum absolute atomic E-state index is 12.7. The lowest BCUT2D eigenvalue weighted by Gasteiger charge is -2.27. The zero-order valence-corrected chi connectivity index (χ0v) is 12.6. The molecule has 0 unspecified atom stereocenters. The van der Waals surface area contributed by atoms with Gasteiger partial charge in [-0.2, -0.15) is 0 Å². The maximum Gasteiger partial charge on any atom is 0.269 e. The van der Waals surface area contributed by atoms with Crippen LogP contribution in [0.1, 0.15) is 11.1 Å². The second kappa shape index (κ2) is 4.63. The molecule has 1 aliphatic rings. The number of fused-ring (bicyclic) bond motifs is 1. The van der Waals surface area contributed by atoms with Crippen molar-refractivity contribution in [2.24, 2.45) is 0 Å². The Hall–Kier alpha value is -2.28. The first-order chi connectivity index (χ1) is 9.91. The summed E-state index contributed by atoms with van der Waals surface area (Å²) < 4.78 is 26.6. The standard InChI is InChI=1S/C14H16N4O2S/c1-10-3-5-11(6-4-10)21(19,20)18-8-7-12-13(15)17(2)9-16-14(12)18/h3-8,15-16H,9H2,1-2H3. The van der Waals surface area contributed by atoms with E-state index >= 15 is 0 Å². The smallest absolute Gasteiger partial charge is 0.269 e. The van der Waals surface area contributed by atoms with Crippen molar-refractivity contribution < 1.29 is 8.42 Å². The fourth-order valence-electron chi connectivity index (χ4n) is 2.28. The van der Waals surface area contributed by atoms with E-state index in [1.807, 2.05) is 6.92 Å². The molecular formula is C14H16N4O2S. The van der Waals surface area contributed by atoms with E-state index in [1.165, 1.54) is 10.2 Å². The second-order valence-electron chi connectivity index (χ2n) is 5.07. The first kappa shape index (κ1) is 13.7. The molecule has 6 nitrogen and oxygen atoms in total. The Labute approximate surface area is 123 Å². The van der Waals surface area contributed by atoms with Gasteiger partial charge in [0.25, 0.3) is 10.0 Å². The van der Waals surface area contributed by atoms with Gasteiger partial charge in [-0.25, -0.2) is 12.4 Å². The first-order valence-corrected chi connectivity index (χ1v) is 7.93. The van der Waals surface area contributed by atoms with E-state index in [0.29, 0.717) is 23.9 Å². The highest BCUT2D eigenvalue weighted by Gasteiger charge is 2.27. The lowest BCUT2D eigenvalue weighted by atomic mass is 10.2. The van der Waals surface area contributed by atoms with Crippen LogP contribution in [0.25, 0.3) is 0 Å². The Bertz CT molecular complexity index is 806. The quantitative estimate of drug-likeness (QED) is 0.885. The van der Waals surface area contributed by atoms with Crippen LogP contribution in [-0.4, -0.2) is 36.8 Å². The summed E-state index contributed by atoms with van der Waals surface area (Å²) in [5.41, 5.74) is 1.59. The van der Waals surface area contributed by atoms with Crippen LogP contribution in [0.2, 0.25) is 0 Å². The minimum atomic E-state index is -3.66. The van der Waals surface area contributed by atoms with Crippen molar-refractivity contribution in [3.63, 3.8) is 0 Å². The average Bonchev–Trinajstić information content (AvgIpc) is 2.89. The molecule has 0 aliphatic carbocycles. The largest absolute Gasteiger partial charge is 0.353 e. The Kier molecular flexibility index (Phi) is 3.02. The number of aromatic nitrogens is 1. The van der Waals surface area contributed by atoms with Gasteiger partial charge in [0.2, 0.25) is 0 Å². The molecule has 2 N–H and O–H groups in total. The van der Waals surface area contributed by atoms with Crippen LogP contribution in [0.5, 0.6) is 0 Å². The minimum Gasteiger partial charge on any atom is -0.353 e. The van der Waals surface area contributed by atoms with Gasteiger partial charge in [-0.05, 0) is 25.1 Å². The van der Waals surface area contributed by atoms with Crippen LogP contribution in [-0.2, 0) is 10.0 Å². The highest BCUT2D eigenvalue weighted by molar-refractivity contribution is 7.90. The molecule has 1 aromatic carbocycles. The molecule has 21 heavy (non-hydrogen) atoms. The summed E-state index contributed by atoms with van der Waals surface area (Å²) >= 11 is 0. The molecule has 1 aromatic heterocycles. The maximum atomic E-state index is 12.7. The summed E-state index contributed by atoms with van der Waals surface area (Å²) in [7, 11) is -1.87. The molecule has 0 fully saturated rings. The van der Waals surface area contributed by atoms with E-state index < -0.39 is 10.0 Å². The number of hydrogen-bond donors (Lipinski definition) is 2. The number of rotatable bonds is 2. The summed E-state index contributed by atoms with van der Waals surface area (Å²) in [5, 5.41) is 11.1. The number of aryl methyl sites for hydroxylation is 1. The number of hydrogen-bond acceptors (Lipinski definition) is 4. The molecule has 1 aliphatic heterocycles. The topological polar surface area (TPSA) is 78.2 Å². The molecule has 2 heterocycles. The predicted octanol–water partition coefficient (Wildman–Crippen LogP) is 1.67. The normalized spacial score (nSPS) is 14.8. The third-order valence-corrected chi connectivity index (χ3v) is 5.24. The van der Waals surface area contributed by atoms with Crippen LogP contribution < -0.4 is 5.32 Å². The summed E-state index contributed by atoms with van der Waals surface area (Å²) in [4.78, 5) is 1.95. The summed E-state index contributed by atoms with van der Waals surface area (Å²) in [6.45, 7) is 2.31. The van der Waals surface area contributed by atoms with Crippen molar-refractivity contribution in [3.05, 3.63) is 47.7 Å². The monoisotopic (exact) mass is 304 g/mol. The van der Waals surface area contributed by atoms with Crippen LogP contribution in [0.15, 0.2) is 41.4 Å². The third-order valence-electron chi connectivity index (χ3n) is 3.55. The van der Waals surface area contributed by atoms with Crippen molar-refractivity contribution in [2.45, 2.75) is 11.8 Å². The molecule has 110 valence electrons. The molecule has 0 atom stereocenters. The fourth-order valence-corrected chi connectivity index (χ4v) is 3.61. The molecule has 0 amide bonds. The Morgan fingerprint density at radius 3 is 2.52 bits per heavy atom. The van der Waals surface area contributed by atoms with E-state index in [-0.39, 0.29) is 4.90 Å². The van der Waals surface area contributed by atoms with Crippen molar-refractivity contribution in [1.82, 2.24) is 8.87 Å². The van der Waals surface area contributed by atoms with Crippen molar-refractivity contribution in [1.29, 1.82) is 5.41 Å². The van der Waals surface area contributed by atoms with E-state index in [4.69, 9.17) is 5.41 Å². The molecule has 0 saturated heterocycles. The summed E-state index contributed by atoms with van der Waals surface area (Å²) in [6, 6.07) is 8.37. The second-order valence-corrected chi connectivity index (χ2v) is 6.89. The van der Waals surface area contributed by atoms with Crippen molar-refractivity contribution >= 4 is 21.7 Å². The van der Waals surface area contributed by atoms with Crippen LogP contribution in [0.3, 0.4) is 0 Å². The lowest BCUT2D eigenvalue weighted by Crippen LogP contribution is -2.37. The molecule has 0 spiro atoms. The first-order valence-electron chi connectivity index (χ1n) is 6.49. The Morgan fingerprint density at radius 2 is 1.86 bits per heavy atom. The minimum absolute atomic E-state index is 0.235. The molecular weight excluding hydrogens is 288 g/mol. The van der Waals surface area contributed by atoms with Gasteiger partial charge in [0.15, 0.2) is 0 Å². The summed E-state index contributed by atoms with van der Waals surface area (Å²) in [5.74, 6) is 0.750. The van der Waals surface area contributed by atoms with E-state index in [9.17, 15) is 8.42 Å². The number of nitrogens with zero attached hydrogens (tertiary/aromatic N) is 2. The van der Waals surface area contributed by atoms with Gasteiger partial charge < -0.3 is 10.2 Å². The van der Waals surface area contributed by atoms with Gasteiger partial charge in [-0.3, -0.25) is 5.41 Å². The van der Waals surface area contributed by atoms with Crippen molar-refractivity contribution in [2.75, 3.05) is 19.0 Å². The molecule has 2 aromatic rings. The van der Waals surface area contributed by atoms with Gasteiger partial charge in [-0.1, -0.05) is 17.7 Å². The van der Waals surface area contributed by atoms with Crippen LogP contribution in [0.4, 0.5) is 5.82 Å². The van der Waals surface area contributed by atoms with Gasteiger partial charge in [0, 0.05) is 13.2 Å². The number of amidine groups is 1. The Balaban J connectivity index is 2.11. The number of anilines is 1. The third kappa shape index (κ3) is 2.09. The average molecular weight is 304 g/mol. The number of nitrogens with one attached hydrogen (secondary N) is 2. The van der Waals surface area contributed by atoms with Crippen LogP contribution in [0, 0.1) is 12.3 Å². The van der Waals surface area contributed by atoms with Gasteiger partial charge >= 0.3 is 0 Å². The molecule has 0 radical (unpaired) electrons. The Morgan fingerprint density at radius 1 is 1.19 bits per heavy atom.